The normalized spacial score (nSPS) is 17.6. The number of nitrogens with zero attached hydrogens (tertiary/aromatic N) is 2. The number of hydrogen-bond acceptors (Lipinski definition) is 3. The van der Waals surface area contributed by atoms with Crippen LogP contribution in [0.5, 0.6) is 0 Å². The Hall–Kier alpha value is -1.33. The van der Waals surface area contributed by atoms with Crippen LogP contribution in [0.2, 0.25) is 10.2 Å². The van der Waals surface area contributed by atoms with Crippen molar-refractivity contribution in [3.63, 3.8) is 0 Å². The quantitative estimate of drug-likeness (QED) is 0.864. The monoisotopic (exact) mass is 330 g/mol. The highest BCUT2D eigenvalue weighted by molar-refractivity contribution is 6.41. The van der Waals surface area contributed by atoms with E-state index < -0.39 is 11.4 Å². The minimum Gasteiger partial charge on any atom is -0.481 e. The average Bonchev–Trinajstić information content (AvgIpc) is 2.49. The molecule has 0 radical (unpaired) electrons. The van der Waals surface area contributed by atoms with E-state index >= 15 is 0 Å². The molecule has 1 amide bonds. The fraction of sp³-hybridized carbons (Fsp3) is 0.500. The van der Waals surface area contributed by atoms with Gasteiger partial charge in [0, 0.05) is 19.3 Å². The number of carbonyl (C=O) groups excluding carboxylic acids is 1. The molecule has 21 heavy (non-hydrogen) atoms. The summed E-state index contributed by atoms with van der Waals surface area (Å²) < 4.78 is 0. The molecule has 1 saturated heterocycles. The second-order valence-corrected chi connectivity index (χ2v) is 5.99. The lowest BCUT2D eigenvalue weighted by Crippen LogP contribution is -2.46. The first-order chi connectivity index (χ1) is 9.89. The highest BCUT2D eigenvalue weighted by atomic mass is 35.5. The van der Waals surface area contributed by atoms with Gasteiger partial charge in [-0.2, -0.15) is 0 Å². The fourth-order valence-electron chi connectivity index (χ4n) is 2.58. The standard InChI is InChI=1S/C14H16Cl2N2O3/c1-2-14(13(20)21)3-5-18(6-4-14)12(19)9-7-10(15)11(16)17-8-9/h7-8H,2-6H2,1H3,(H,20,21). The van der Waals surface area contributed by atoms with E-state index in [1.807, 2.05) is 6.92 Å². The highest BCUT2D eigenvalue weighted by Crippen LogP contribution is 2.35. The summed E-state index contributed by atoms with van der Waals surface area (Å²) in [6, 6.07) is 1.48. The number of carbonyl (C=O) groups is 2. The maximum absolute atomic E-state index is 12.4. The fourth-order valence-corrected chi connectivity index (χ4v) is 2.85. The van der Waals surface area contributed by atoms with Crippen molar-refractivity contribution < 1.29 is 14.7 Å². The first-order valence-electron chi connectivity index (χ1n) is 6.73. The van der Waals surface area contributed by atoms with Crippen LogP contribution in [0.15, 0.2) is 12.3 Å². The van der Waals surface area contributed by atoms with Crippen molar-refractivity contribution in [1.29, 1.82) is 0 Å². The summed E-state index contributed by atoms with van der Waals surface area (Å²) in [4.78, 5) is 29.3. The summed E-state index contributed by atoms with van der Waals surface area (Å²) in [5.41, 5.74) is -0.351. The third-order valence-electron chi connectivity index (χ3n) is 4.18. The molecule has 1 fully saturated rings. The van der Waals surface area contributed by atoms with E-state index in [1.165, 1.54) is 12.3 Å². The number of amides is 1. The first-order valence-corrected chi connectivity index (χ1v) is 7.49. The van der Waals surface area contributed by atoms with E-state index in [4.69, 9.17) is 23.2 Å². The number of aromatic nitrogens is 1. The second kappa shape index (κ2) is 6.20. The van der Waals surface area contributed by atoms with E-state index in [0.29, 0.717) is 37.9 Å². The molecule has 0 atom stereocenters. The maximum Gasteiger partial charge on any atom is 0.309 e. The summed E-state index contributed by atoms with van der Waals surface area (Å²) in [7, 11) is 0. The number of pyridine rings is 1. The van der Waals surface area contributed by atoms with Gasteiger partial charge in [0.2, 0.25) is 0 Å². The number of rotatable bonds is 3. The Bertz CT molecular complexity index is 569. The lowest BCUT2D eigenvalue weighted by atomic mass is 9.76. The zero-order chi connectivity index (χ0) is 15.6. The van der Waals surface area contributed by atoms with Crippen molar-refractivity contribution in [2.75, 3.05) is 13.1 Å². The molecule has 5 nitrogen and oxygen atoms in total. The van der Waals surface area contributed by atoms with Crippen LogP contribution in [0.25, 0.3) is 0 Å². The number of aliphatic carboxylic acids is 1. The van der Waals surface area contributed by atoms with Crippen LogP contribution in [-0.4, -0.2) is 40.0 Å². The van der Waals surface area contributed by atoms with Gasteiger partial charge in [0.05, 0.1) is 16.0 Å². The van der Waals surface area contributed by atoms with E-state index in [-0.39, 0.29) is 16.1 Å². The lowest BCUT2D eigenvalue weighted by molar-refractivity contribution is -0.152. The Morgan fingerprint density at radius 2 is 2.00 bits per heavy atom. The minimum absolute atomic E-state index is 0.155. The maximum atomic E-state index is 12.4. The number of carboxylic acids is 1. The Balaban J connectivity index is 2.09. The molecule has 0 spiro atoms. The predicted octanol–water partition coefficient (Wildman–Crippen LogP) is 3.11. The molecule has 1 aliphatic rings. The molecule has 1 aromatic rings. The zero-order valence-corrected chi connectivity index (χ0v) is 13.1. The molecule has 2 rings (SSSR count). The smallest absolute Gasteiger partial charge is 0.309 e. The van der Waals surface area contributed by atoms with Crippen molar-refractivity contribution >= 4 is 35.1 Å². The van der Waals surface area contributed by atoms with Gasteiger partial charge in [-0.15, -0.1) is 0 Å². The van der Waals surface area contributed by atoms with Crippen LogP contribution in [0.3, 0.4) is 0 Å². The average molecular weight is 331 g/mol. The highest BCUT2D eigenvalue weighted by Gasteiger charge is 2.40. The minimum atomic E-state index is -0.784. The second-order valence-electron chi connectivity index (χ2n) is 5.23. The third-order valence-corrected chi connectivity index (χ3v) is 4.87. The van der Waals surface area contributed by atoms with E-state index in [1.54, 1.807) is 4.90 Å². The van der Waals surface area contributed by atoms with E-state index in [2.05, 4.69) is 4.98 Å². The van der Waals surface area contributed by atoms with Gasteiger partial charge in [-0.1, -0.05) is 30.1 Å². The van der Waals surface area contributed by atoms with Crippen molar-refractivity contribution in [2.45, 2.75) is 26.2 Å². The van der Waals surface area contributed by atoms with Crippen molar-refractivity contribution in [3.8, 4) is 0 Å². The Morgan fingerprint density at radius 3 is 2.48 bits per heavy atom. The Labute approximate surface area is 132 Å². The molecule has 7 heteroatoms. The summed E-state index contributed by atoms with van der Waals surface area (Å²) in [5, 5.41) is 9.74. The number of carboxylic acid groups (broad SMARTS) is 1. The van der Waals surface area contributed by atoms with Gasteiger partial charge in [0.1, 0.15) is 5.15 Å². The molecule has 0 unspecified atom stereocenters. The molecule has 1 N–H and O–H groups in total. The van der Waals surface area contributed by atoms with Crippen LogP contribution in [0.4, 0.5) is 0 Å². The molecule has 0 saturated carbocycles. The Kier molecular flexibility index (Phi) is 4.74. The topological polar surface area (TPSA) is 70.5 Å². The molecule has 1 aromatic heterocycles. The number of halogens is 2. The molecule has 114 valence electrons. The Morgan fingerprint density at radius 1 is 1.38 bits per heavy atom. The summed E-state index contributed by atoms with van der Waals surface area (Å²) in [5.74, 6) is -0.982. The number of hydrogen-bond donors (Lipinski definition) is 1. The van der Waals surface area contributed by atoms with Crippen LogP contribution in [0.1, 0.15) is 36.5 Å². The van der Waals surface area contributed by atoms with Crippen molar-refractivity contribution in [3.05, 3.63) is 28.0 Å². The predicted molar refractivity (Wildman–Crippen MR) is 79.8 cm³/mol. The van der Waals surface area contributed by atoms with Crippen molar-refractivity contribution in [2.24, 2.45) is 5.41 Å². The molecule has 0 aliphatic carbocycles. The molecule has 2 heterocycles. The summed E-state index contributed by atoms with van der Waals surface area (Å²) in [6.45, 7) is 2.70. The van der Waals surface area contributed by atoms with Gasteiger partial charge >= 0.3 is 5.97 Å². The molecule has 1 aliphatic heterocycles. The summed E-state index contributed by atoms with van der Waals surface area (Å²) >= 11 is 11.6. The van der Waals surface area contributed by atoms with Gasteiger partial charge < -0.3 is 10.0 Å². The van der Waals surface area contributed by atoms with Crippen molar-refractivity contribution in [1.82, 2.24) is 9.88 Å². The van der Waals surface area contributed by atoms with Gasteiger partial charge in [-0.05, 0) is 25.3 Å². The molecular weight excluding hydrogens is 315 g/mol. The van der Waals surface area contributed by atoms with Gasteiger partial charge in [0.15, 0.2) is 0 Å². The third kappa shape index (κ3) is 3.14. The number of piperidine rings is 1. The molecule has 0 aromatic carbocycles. The van der Waals surface area contributed by atoms with Crippen LogP contribution in [-0.2, 0) is 4.79 Å². The van der Waals surface area contributed by atoms with E-state index in [9.17, 15) is 14.7 Å². The van der Waals surface area contributed by atoms with Crippen LogP contribution < -0.4 is 0 Å². The SMILES string of the molecule is CCC1(C(=O)O)CCN(C(=O)c2cnc(Cl)c(Cl)c2)CC1. The van der Waals surface area contributed by atoms with Gasteiger partial charge in [-0.25, -0.2) is 4.98 Å². The number of likely N-dealkylation sites (tertiary alicyclic amines) is 1. The largest absolute Gasteiger partial charge is 0.481 e. The lowest BCUT2D eigenvalue weighted by Gasteiger charge is -2.38. The molecular formula is C14H16Cl2N2O3. The zero-order valence-electron chi connectivity index (χ0n) is 11.6. The molecule has 0 bridgehead atoms. The van der Waals surface area contributed by atoms with Crippen LogP contribution >= 0.6 is 23.2 Å². The van der Waals surface area contributed by atoms with E-state index in [0.717, 1.165) is 0 Å². The van der Waals surface area contributed by atoms with Gasteiger partial charge in [0.25, 0.3) is 5.91 Å². The van der Waals surface area contributed by atoms with Crippen LogP contribution in [0, 0.1) is 5.41 Å². The summed E-state index contributed by atoms with van der Waals surface area (Å²) in [6.07, 6.45) is 2.87. The van der Waals surface area contributed by atoms with Gasteiger partial charge in [-0.3, -0.25) is 9.59 Å². The first kappa shape index (κ1) is 16.0.